The molecule has 0 spiro atoms. The minimum absolute atomic E-state index is 0.0901. The lowest BCUT2D eigenvalue weighted by Crippen LogP contribution is -2.05. The van der Waals surface area contributed by atoms with Crippen LogP contribution in [0.2, 0.25) is 0 Å². The molecule has 0 unspecified atom stereocenters. The Bertz CT molecular complexity index is 1360. The van der Waals surface area contributed by atoms with E-state index in [-0.39, 0.29) is 28.1 Å². The summed E-state index contributed by atoms with van der Waals surface area (Å²) in [4.78, 5) is 4.44. The zero-order valence-electron chi connectivity index (χ0n) is 18.3. The minimum Gasteiger partial charge on any atom is -0.494 e. The van der Waals surface area contributed by atoms with Gasteiger partial charge in [-0.1, -0.05) is 17.3 Å². The van der Waals surface area contributed by atoms with Gasteiger partial charge < -0.3 is 23.2 Å². The van der Waals surface area contributed by atoms with E-state index in [0.29, 0.717) is 29.7 Å². The Morgan fingerprint density at radius 1 is 0.970 bits per heavy atom. The van der Waals surface area contributed by atoms with Crippen molar-refractivity contribution in [3.05, 3.63) is 60.4 Å². The van der Waals surface area contributed by atoms with E-state index in [2.05, 4.69) is 10.1 Å². The molecule has 172 valence electrons. The minimum atomic E-state index is -3.70. The molecule has 0 bridgehead atoms. The van der Waals surface area contributed by atoms with Crippen molar-refractivity contribution < 1.29 is 31.6 Å². The van der Waals surface area contributed by atoms with E-state index in [4.69, 9.17) is 23.2 Å². The highest BCUT2D eigenvalue weighted by Gasteiger charge is 2.21. The normalized spacial score (nSPS) is 11.4. The average Bonchev–Trinajstić information content (AvgIpc) is 3.48. The molecule has 4 rings (SSSR count). The Hall–Kier alpha value is -3.79. The molecule has 0 radical (unpaired) electrons. The van der Waals surface area contributed by atoms with Gasteiger partial charge in [0.2, 0.25) is 5.82 Å². The Kier molecular flexibility index (Phi) is 6.36. The van der Waals surface area contributed by atoms with Crippen molar-refractivity contribution in [3.8, 4) is 40.3 Å². The summed E-state index contributed by atoms with van der Waals surface area (Å²) in [5.41, 5.74) is 0.721. The van der Waals surface area contributed by atoms with E-state index >= 15 is 0 Å². The number of rotatable bonds is 9. The number of hydrogen-bond acceptors (Lipinski definition) is 9. The van der Waals surface area contributed by atoms with Crippen LogP contribution < -0.4 is 14.2 Å². The van der Waals surface area contributed by atoms with Crippen LogP contribution in [0.1, 0.15) is 12.7 Å². The fourth-order valence-electron chi connectivity index (χ4n) is 3.18. The number of aromatic nitrogens is 2. The SMILES string of the molecule is CCOc1cccc(-c2noc(-c3ccc(CS(=O)(=O)c4ccc(OC)c(OC)c4)o3)n2)c1. The number of nitrogens with zero attached hydrogens (tertiary/aromatic N) is 2. The van der Waals surface area contributed by atoms with Crippen LogP contribution in [0.15, 0.2) is 68.4 Å². The number of hydrogen-bond donors (Lipinski definition) is 0. The Morgan fingerprint density at radius 2 is 1.79 bits per heavy atom. The van der Waals surface area contributed by atoms with Gasteiger partial charge in [0.1, 0.15) is 17.3 Å². The molecule has 0 aliphatic rings. The van der Waals surface area contributed by atoms with Crippen molar-refractivity contribution in [1.82, 2.24) is 10.1 Å². The highest BCUT2D eigenvalue weighted by molar-refractivity contribution is 7.90. The summed E-state index contributed by atoms with van der Waals surface area (Å²) in [7, 11) is -0.773. The molecule has 2 aromatic heterocycles. The zero-order chi connectivity index (χ0) is 23.4. The van der Waals surface area contributed by atoms with Gasteiger partial charge in [-0.2, -0.15) is 4.98 Å². The summed E-state index contributed by atoms with van der Waals surface area (Å²) in [5, 5.41) is 3.99. The molecule has 0 amide bonds. The molecule has 0 fully saturated rings. The van der Waals surface area contributed by atoms with Crippen molar-refractivity contribution in [1.29, 1.82) is 0 Å². The first-order valence-electron chi connectivity index (χ1n) is 10.0. The number of furan rings is 1. The Balaban J connectivity index is 1.54. The predicted octanol–water partition coefficient (Wildman–Crippen LogP) is 4.39. The van der Waals surface area contributed by atoms with Crippen molar-refractivity contribution >= 4 is 9.84 Å². The molecule has 9 nitrogen and oxygen atoms in total. The number of benzene rings is 2. The van der Waals surface area contributed by atoms with Gasteiger partial charge >= 0.3 is 0 Å². The van der Waals surface area contributed by atoms with E-state index in [0.717, 1.165) is 5.56 Å². The third kappa shape index (κ3) is 4.85. The topological polar surface area (TPSA) is 114 Å². The van der Waals surface area contributed by atoms with E-state index < -0.39 is 9.84 Å². The van der Waals surface area contributed by atoms with E-state index in [1.807, 2.05) is 25.1 Å². The molecule has 33 heavy (non-hydrogen) atoms. The monoisotopic (exact) mass is 470 g/mol. The summed E-state index contributed by atoms with van der Waals surface area (Å²) in [6.45, 7) is 2.45. The fraction of sp³-hybridized carbons (Fsp3) is 0.217. The maximum atomic E-state index is 12.9. The van der Waals surface area contributed by atoms with Crippen LogP contribution in [-0.4, -0.2) is 39.4 Å². The van der Waals surface area contributed by atoms with Gasteiger partial charge in [0.25, 0.3) is 5.89 Å². The van der Waals surface area contributed by atoms with Crippen molar-refractivity contribution in [2.75, 3.05) is 20.8 Å². The van der Waals surface area contributed by atoms with Crippen molar-refractivity contribution in [2.45, 2.75) is 17.6 Å². The van der Waals surface area contributed by atoms with Gasteiger partial charge in [-0.3, -0.25) is 0 Å². The van der Waals surface area contributed by atoms with Crippen LogP contribution in [0.5, 0.6) is 17.2 Å². The largest absolute Gasteiger partial charge is 0.494 e. The van der Waals surface area contributed by atoms with Crippen LogP contribution in [0, 0.1) is 0 Å². The van der Waals surface area contributed by atoms with Crippen LogP contribution in [0.3, 0.4) is 0 Å². The van der Waals surface area contributed by atoms with Crippen LogP contribution in [0.4, 0.5) is 0 Å². The lowest BCUT2D eigenvalue weighted by Gasteiger charge is -2.09. The smallest absolute Gasteiger partial charge is 0.293 e. The Morgan fingerprint density at radius 3 is 2.55 bits per heavy atom. The second-order valence-electron chi connectivity index (χ2n) is 6.93. The van der Waals surface area contributed by atoms with Gasteiger partial charge in [-0.15, -0.1) is 0 Å². The highest BCUT2D eigenvalue weighted by Crippen LogP contribution is 2.32. The Labute approximate surface area is 190 Å². The molecule has 0 aliphatic heterocycles. The summed E-state index contributed by atoms with van der Waals surface area (Å²) in [6, 6.07) is 14.9. The molecule has 0 atom stereocenters. The molecule has 2 heterocycles. The summed E-state index contributed by atoms with van der Waals surface area (Å²) in [6.07, 6.45) is 0. The first-order valence-corrected chi connectivity index (χ1v) is 11.7. The highest BCUT2D eigenvalue weighted by atomic mass is 32.2. The maximum absolute atomic E-state index is 12.9. The average molecular weight is 471 g/mol. The van der Waals surface area contributed by atoms with Crippen LogP contribution in [0.25, 0.3) is 23.0 Å². The van der Waals surface area contributed by atoms with Crippen molar-refractivity contribution in [3.63, 3.8) is 0 Å². The van der Waals surface area contributed by atoms with Gasteiger partial charge in [-0.05, 0) is 43.3 Å². The zero-order valence-corrected chi connectivity index (χ0v) is 19.1. The lowest BCUT2D eigenvalue weighted by molar-refractivity contribution is 0.340. The van der Waals surface area contributed by atoms with Gasteiger partial charge in [0.05, 0.1) is 25.7 Å². The van der Waals surface area contributed by atoms with E-state index in [1.54, 1.807) is 24.3 Å². The predicted molar refractivity (Wildman–Crippen MR) is 119 cm³/mol. The van der Waals surface area contributed by atoms with E-state index in [1.165, 1.54) is 26.4 Å². The first kappa shape index (κ1) is 22.4. The third-order valence-electron chi connectivity index (χ3n) is 4.75. The number of methoxy groups -OCH3 is 2. The molecular weight excluding hydrogens is 448 g/mol. The molecule has 0 aliphatic carbocycles. The molecule has 0 saturated heterocycles. The molecule has 0 N–H and O–H groups in total. The molecule has 4 aromatic rings. The van der Waals surface area contributed by atoms with E-state index in [9.17, 15) is 8.42 Å². The lowest BCUT2D eigenvalue weighted by atomic mass is 10.2. The third-order valence-corrected chi connectivity index (χ3v) is 6.38. The second-order valence-corrected chi connectivity index (χ2v) is 8.92. The number of sulfone groups is 1. The first-order chi connectivity index (χ1) is 15.9. The molecule has 2 aromatic carbocycles. The quantitative estimate of drug-likeness (QED) is 0.351. The van der Waals surface area contributed by atoms with Gasteiger partial charge in [0.15, 0.2) is 27.1 Å². The molecule has 0 saturated carbocycles. The summed E-state index contributed by atoms with van der Waals surface area (Å²) >= 11 is 0. The second kappa shape index (κ2) is 9.37. The maximum Gasteiger partial charge on any atom is 0.293 e. The molecular formula is C23H22N2O7S. The summed E-state index contributed by atoms with van der Waals surface area (Å²) < 4.78 is 52.6. The molecule has 10 heteroatoms. The van der Waals surface area contributed by atoms with Crippen molar-refractivity contribution in [2.24, 2.45) is 0 Å². The summed E-state index contributed by atoms with van der Waals surface area (Å²) in [5.74, 6) is 2.12. The standard InChI is InChI=1S/C23H22N2O7S/c1-4-30-16-7-5-6-15(12-16)22-24-23(32-25-22)20-10-8-17(31-20)14-33(26,27)18-9-11-19(28-2)21(13-18)29-3/h5-13H,4,14H2,1-3H3. The van der Waals surface area contributed by atoms with Crippen LogP contribution in [-0.2, 0) is 15.6 Å². The number of ether oxygens (including phenoxy) is 3. The fourth-order valence-corrected chi connectivity index (χ4v) is 4.44. The van der Waals surface area contributed by atoms with Crippen LogP contribution >= 0.6 is 0 Å². The van der Waals surface area contributed by atoms with Gasteiger partial charge in [-0.25, -0.2) is 8.42 Å². The van der Waals surface area contributed by atoms with Gasteiger partial charge in [0, 0.05) is 11.6 Å².